The maximum Gasteiger partial charge on any atom is 0.410 e. The first kappa shape index (κ1) is 23.4. The lowest BCUT2D eigenvalue weighted by atomic mass is 9.98. The highest BCUT2D eigenvalue weighted by Gasteiger charge is 2.28. The molecule has 0 radical (unpaired) electrons. The van der Waals surface area contributed by atoms with Gasteiger partial charge in [-0.15, -0.1) is 11.3 Å². The van der Waals surface area contributed by atoms with Crippen molar-refractivity contribution in [1.29, 1.82) is 0 Å². The summed E-state index contributed by atoms with van der Waals surface area (Å²) in [6, 6.07) is 7.32. The number of thiophene rings is 1. The molecule has 3 N–H and O–H groups in total. The molecule has 2 aromatic heterocycles. The number of imidazole rings is 1. The van der Waals surface area contributed by atoms with Crippen LogP contribution in [-0.4, -0.2) is 57.6 Å². The van der Waals surface area contributed by atoms with E-state index >= 15 is 0 Å². The van der Waals surface area contributed by atoms with E-state index in [1.807, 2.05) is 38.3 Å². The molecule has 1 fully saturated rings. The number of nitrogens with zero attached hydrogens (tertiary/aromatic N) is 2. The Morgan fingerprint density at radius 1 is 1.42 bits per heavy atom. The van der Waals surface area contributed by atoms with Crippen molar-refractivity contribution in [3.05, 3.63) is 40.8 Å². The van der Waals surface area contributed by atoms with Gasteiger partial charge in [0.2, 0.25) is 0 Å². The second-order valence-corrected chi connectivity index (χ2v) is 10.3. The van der Waals surface area contributed by atoms with Crippen molar-refractivity contribution < 1.29 is 19.4 Å². The number of aromatic nitrogens is 2. The molecule has 0 bridgehead atoms. The van der Waals surface area contributed by atoms with E-state index in [1.165, 1.54) is 0 Å². The number of aliphatic hydroxyl groups is 1. The first-order chi connectivity index (χ1) is 15.7. The average Bonchev–Trinajstić information content (AvgIpc) is 3.45. The number of aldehydes is 1. The number of likely N-dealkylation sites (tertiary alicyclic amines) is 1. The molecular formula is C24H30N4O4S. The minimum Gasteiger partial charge on any atom is -0.444 e. The zero-order valence-corrected chi connectivity index (χ0v) is 19.9. The summed E-state index contributed by atoms with van der Waals surface area (Å²) in [5, 5.41) is 16.1. The fraction of sp³-hybridized carbons (Fsp3) is 0.458. The predicted octanol–water partition coefficient (Wildman–Crippen LogP) is 4.33. The number of hydrogen-bond acceptors (Lipinski definition) is 7. The minimum atomic E-state index is -0.954. The van der Waals surface area contributed by atoms with E-state index in [4.69, 9.17) is 4.74 Å². The number of benzene rings is 1. The predicted molar refractivity (Wildman–Crippen MR) is 128 cm³/mol. The van der Waals surface area contributed by atoms with Gasteiger partial charge in [-0.25, -0.2) is 9.78 Å². The number of carbonyl (C=O) groups excluding carboxylic acids is 2. The van der Waals surface area contributed by atoms with Crippen LogP contribution < -0.4 is 5.32 Å². The van der Waals surface area contributed by atoms with Gasteiger partial charge in [0.25, 0.3) is 0 Å². The van der Waals surface area contributed by atoms with Crippen LogP contribution in [0.1, 0.15) is 55.8 Å². The topological polar surface area (TPSA) is 108 Å². The Hall–Kier alpha value is -2.75. The molecule has 3 aromatic rings. The van der Waals surface area contributed by atoms with Crippen LogP contribution in [0.3, 0.4) is 0 Å². The van der Waals surface area contributed by atoms with E-state index in [0.717, 1.165) is 24.0 Å². The number of aromatic amines is 1. The van der Waals surface area contributed by atoms with Gasteiger partial charge >= 0.3 is 6.09 Å². The van der Waals surface area contributed by atoms with E-state index in [0.29, 0.717) is 47.6 Å². The third kappa shape index (κ3) is 5.43. The number of aliphatic hydroxyl groups excluding tert-OH is 1. The van der Waals surface area contributed by atoms with Crippen LogP contribution in [0.2, 0.25) is 0 Å². The third-order valence-corrected chi connectivity index (χ3v) is 6.53. The van der Waals surface area contributed by atoms with Crippen LogP contribution >= 0.6 is 11.3 Å². The summed E-state index contributed by atoms with van der Waals surface area (Å²) in [4.78, 5) is 34.6. The number of ether oxygens (including phenoxy) is 1. The van der Waals surface area contributed by atoms with Gasteiger partial charge in [0, 0.05) is 30.8 Å². The van der Waals surface area contributed by atoms with Crippen LogP contribution in [0.25, 0.3) is 21.7 Å². The Morgan fingerprint density at radius 3 is 2.94 bits per heavy atom. The van der Waals surface area contributed by atoms with Crippen molar-refractivity contribution in [1.82, 2.24) is 20.2 Å². The number of piperidine rings is 1. The normalized spacial score (nSPS) is 17.8. The summed E-state index contributed by atoms with van der Waals surface area (Å²) < 4.78 is 5.50. The number of rotatable bonds is 6. The molecule has 2 unspecified atom stereocenters. The molecule has 3 heterocycles. The van der Waals surface area contributed by atoms with Gasteiger partial charge < -0.3 is 19.7 Å². The molecule has 1 aliphatic rings. The van der Waals surface area contributed by atoms with Gasteiger partial charge in [-0.2, -0.15) is 0 Å². The van der Waals surface area contributed by atoms with E-state index < -0.39 is 11.8 Å². The fourth-order valence-electron chi connectivity index (χ4n) is 4.09. The Labute approximate surface area is 197 Å². The molecule has 1 amide bonds. The number of fused-ring (bicyclic) bond motifs is 1. The van der Waals surface area contributed by atoms with Gasteiger partial charge in [0.05, 0.1) is 15.9 Å². The summed E-state index contributed by atoms with van der Waals surface area (Å²) in [6.07, 6.45) is 1.39. The molecule has 0 saturated carbocycles. The van der Waals surface area contributed by atoms with Gasteiger partial charge in [-0.1, -0.05) is 12.1 Å². The SMILES string of the molecule is CC(C)(C)OC(=O)N1CCCC(CNC(O)c2ccc(C=O)c3[nH]c(-c4cccs4)nc23)C1. The van der Waals surface area contributed by atoms with Crippen molar-refractivity contribution in [2.45, 2.75) is 45.4 Å². The highest BCUT2D eigenvalue weighted by atomic mass is 32.1. The zero-order valence-electron chi connectivity index (χ0n) is 19.1. The molecule has 4 rings (SSSR count). The lowest BCUT2D eigenvalue weighted by Gasteiger charge is -2.34. The van der Waals surface area contributed by atoms with Gasteiger partial charge in [0.15, 0.2) is 6.29 Å². The second-order valence-electron chi connectivity index (χ2n) is 9.39. The third-order valence-electron chi connectivity index (χ3n) is 5.66. The van der Waals surface area contributed by atoms with E-state index in [-0.39, 0.29) is 12.0 Å². The molecule has 9 heteroatoms. The highest BCUT2D eigenvalue weighted by molar-refractivity contribution is 7.13. The van der Waals surface area contributed by atoms with Crippen LogP contribution in [0, 0.1) is 5.92 Å². The molecule has 1 aromatic carbocycles. The molecule has 1 saturated heterocycles. The Bertz CT molecular complexity index is 1120. The standard InChI is InChI=1S/C24H30N4O4S/c1-24(2,3)32-23(31)28-10-4-6-15(13-28)12-25-22(30)17-9-8-16(14-29)19-20(17)27-21(26-19)18-7-5-11-33-18/h5,7-9,11,14-15,22,25,30H,4,6,10,12-13H2,1-3H3,(H,26,27). The maximum absolute atomic E-state index is 12.4. The number of carbonyl (C=O) groups is 2. The smallest absolute Gasteiger partial charge is 0.410 e. The molecule has 0 aliphatic carbocycles. The van der Waals surface area contributed by atoms with Crippen LogP contribution in [0.15, 0.2) is 29.6 Å². The van der Waals surface area contributed by atoms with Crippen LogP contribution in [-0.2, 0) is 4.74 Å². The van der Waals surface area contributed by atoms with Crippen molar-refractivity contribution in [2.75, 3.05) is 19.6 Å². The van der Waals surface area contributed by atoms with E-state index in [2.05, 4.69) is 15.3 Å². The van der Waals surface area contributed by atoms with Crippen molar-refractivity contribution >= 4 is 34.7 Å². The Balaban J connectivity index is 1.46. The quantitative estimate of drug-likeness (QED) is 0.366. The Morgan fingerprint density at radius 2 is 2.24 bits per heavy atom. The van der Waals surface area contributed by atoms with Gasteiger partial charge in [0.1, 0.15) is 17.7 Å². The molecule has 2 atom stereocenters. The van der Waals surface area contributed by atoms with Crippen LogP contribution in [0.4, 0.5) is 4.79 Å². The number of hydrogen-bond donors (Lipinski definition) is 3. The fourth-order valence-corrected chi connectivity index (χ4v) is 4.76. The minimum absolute atomic E-state index is 0.200. The molecule has 0 spiro atoms. The van der Waals surface area contributed by atoms with Crippen LogP contribution in [0.5, 0.6) is 0 Å². The number of nitrogens with one attached hydrogen (secondary N) is 2. The summed E-state index contributed by atoms with van der Waals surface area (Å²) in [5.41, 5.74) is 1.76. The second kappa shape index (κ2) is 9.62. The summed E-state index contributed by atoms with van der Waals surface area (Å²) in [6.45, 7) is 7.39. The first-order valence-corrected chi connectivity index (χ1v) is 12.0. The lowest BCUT2D eigenvalue weighted by Crippen LogP contribution is -2.45. The van der Waals surface area contributed by atoms with Crippen molar-refractivity contribution in [2.24, 2.45) is 5.92 Å². The van der Waals surface area contributed by atoms with Crippen molar-refractivity contribution in [3.8, 4) is 10.7 Å². The first-order valence-electron chi connectivity index (χ1n) is 11.2. The Kier molecular flexibility index (Phi) is 6.83. The maximum atomic E-state index is 12.4. The highest BCUT2D eigenvalue weighted by Crippen LogP contribution is 2.30. The lowest BCUT2D eigenvalue weighted by molar-refractivity contribution is 0.0157. The number of H-pyrrole nitrogens is 1. The molecule has 1 aliphatic heterocycles. The molecule has 33 heavy (non-hydrogen) atoms. The van der Waals surface area contributed by atoms with E-state index in [9.17, 15) is 14.7 Å². The monoisotopic (exact) mass is 470 g/mol. The summed E-state index contributed by atoms with van der Waals surface area (Å²) in [7, 11) is 0. The molecular weight excluding hydrogens is 440 g/mol. The van der Waals surface area contributed by atoms with E-state index in [1.54, 1.807) is 28.4 Å². The summed E-state index contributed by atoms with van der Waals surface area (Å²) >= 11 is 1.55. The zero-order chi connectivity index (χ0) is 23.6. The van der Waals surface area contributed by atoms with Crippen molar-refractivity contribution in [3.63, 3.8) is 0 Å². The molecule has 8 nitrogen and oxygen atoms in total. The molecule has 176 valence electrons. The van der Waals surface area contributed by atoms with Gasteiger partial charge in [-0.3, -0.25) is 10.1 Å². The number of amides is 1. The van der Waals surface area contributed by atoms with Gasteiger partial charge in [-0.05, 0) is 57.0 Å². The largest absolute Gasteiger partial charge is 0.444 e. The average molecular weight is 471 g/mol. The summed E-state index contributed by atoms with van der Waals surface area (Å²) in [5.74, 6) is 0.870.